The molecular weight excluding hydrogens is 412 g/mol. The topological polar surface area (TPSA) is 83.1 Å². The largest absolute Gasteiger partial charge is 0.355 e. The number of carbonyl (C=O) groups is 2. The van der Waals surface area contributed by atoms with Crippen molar-refractivity contribution in [3.63, 3.8) is 0 Å². The normalized spacial score (nSPS) is 10.5. The van der Waals surface area contributed by atoms with E-state index < -0.39 is 5.91 Å². The second-order valence-corrected chi connectivity index (χ2v) is 7.32. The summed E-state index contributed by atoms with van der Waals surface area (Å²) >= 11 is 5.84. The number of amides is 2. The van der Waals surface area contributed by atoms with E-state index in [0.717, 1.165) is 27.8 Å². The number of hydrogen-bond acceptors (Lipinski definition) is 4. The lowest BCUT2D eigenvalue weighted by molar-refractivity contribution is -0.121. The highest BCUT2D eigenvalue weighted by Crippen LogP contribution is 2.25. The molecule has 6 nitrogen and oxygen atoms in total. The molecule has 1 heterocycles. The summed E-state index contributed by atoms with van der Waals surface area (Å²) in [5.41, 5.74) is 8.75. The van der Waals surface area contributed by atoms with Gasteiger partial charge in [-0.3, -0.25) is 25.4 Å². The molecule has 4 rings (SSSR count). The minimum Gasteiger partial charge on any atom is -0.355 e. The number of fused-ring (bicyclic) bond motifs is 1. The molecule has 154 valence electrons. The molecule has 0 bridgehead atoms. The fourth-order valence-electron chi connectivity index (χ4n) is 3.10. The predicted molar refractivity (Wildman–Crippen MR) is 122 cm³/mol. The molecule has 2 amide bonds. The zero-order valence-corrected chi connectivity index (χ0v) is 17.2. The maximum Gasteiger partial charge on any atom is 0.269 e. The molecule has 3 aromatic carbocycles. The van der Waals surface area contributed by atoms with Crippen molar-refractivity contribution in [2.45, 2.75) is 6.42 Å². The number of aromatic nitrogens is 1. The molecule has 0 saturated heterocycles. The summed E-state index contributed by atoms with van der Waals surface area (Å²) in [7, 11) is 0. The first-order valence-electron chi connectivity index (χ1n) is 9.63. The average Bonchev–Trinajstić information content (AvgIpc) is 2.80. The van der Waals surface area contributed by atoms with Crippen molar-refractivity contribution in [2.24, 2.45) is 0 Å². The van der Waals surface area contributed by atoms with Gasteiger partial charge in [0.25, 0.3) is 5.91 Å². The van der Waals surface area contributed by atoms with E-state index in [0.29, 0.717) is 10.6 Å². The summed E-state index contributed by atoms with van der Waals surface area (Å²) in [5.74, 6) is -0.719. The first-order chi connectivity index (χ1) is 15.1. The highest BCUT2D eigenvalue weighted by molar-refractivity contribution is 6.30. The van der Waals surface area contributed by atoms with Gasteiger partial charge in [-0.05, 0) is 54.1 Å². The Morgan fingerprint density at radius 2 is 1.58 bits per heavy atom. The van der Waals surface area contributed by atoms with Crippen LogP contribution in [0, 0.1) is 0 Å². The Morgan fingerprint density at radius 1 is 0.839 bits per heavy atom. The highest BCUT2D eigenvalue weighted by atomic mass is 35.5. The lowest BCUT2D eigenvalue weighted by Gasteiger charge is -2.11. The third-order valence-electron chi connectivity index (χ3n) is 4.67. The quantitative estimate of drug-likeness (QED) is 0.403. The van der Waals surface area contributed by atoms with E-state index in [1.807, 2.05) is 30.3 Å². The van der Waals surface area contributed by atoms with Gasteiger partial charge in [-0.25, -0.2) is 0 Å². The summed E-state index contributed by atoms with van der Waals surface area (Å²) in [5, 5.41) is 4.96. The SMILES string of the molecule is O=C(Cc1ccc(Cl)cc1)NNC(=O)c1ccc(Nc2ccnc3ccccc23)cc1. The number of halogens is 1. The Morgan fingerprint density at radius 3 is 2.35 bits per heavy atom. The minimum atomic E-state index is -0.398. The Bertz CT molecular complexity index is 1220. The molecule has 0 unspecified atom stereocenters. The second-order valence-electron chi connectivity index (χ2n) is 6.88. The van der Waals surface area contributed by atoms with Crippen LogP contribution in [0.25, 0.3) is 10.9 Å². The highest BCUT2D eigenvalue weighted by Gasteiger charge is 2.09. The molecule has 3 N–H and O–H groups in total. The molecule has 0 radical (unpaired) electrons. The van der Waals surface area contributed by atoms with E-state index in [2.05, 4.69) is 21.2 Å². The average molecular weight is 431 g/mol. The molecule has 0 fully saturated rings. The van der Waals surface area contributed by atoms with Crippen molar-refractivity contribution in [1.29, 1.82) is 0 Å². The summed E-state index contributed by atoms with van der Waals surface area (Å²) in [6.45, 7) is 0. The van der Waals surface area contributed by atoms with Crippen molar-refractivity contribution in [3.05, 3.63) is 101 Å². The first-order valence-corrected chi connectivity index (χ1v) is 10.0. The van der Waals surface area contributed by atoms with Gasteiger partial charge in [0, 0.05) is 33.5 Å². The van der Waals surface area contributed by atoms with Crippen molar-refractivity contribution in [3.8, 4) is 0 Å². The van der Waals surface area contributed by atoms with Gasteiger partial charge in [-0.2, -0.15) is 0 Å². The minimum absolute atomic E-state index is 0.139. The molecular formula is C24H19ClN4O2. The Balaban J connectivity index is 1.34. The number of nitrogens with one attached hydrogen (secondary N) is 3. The van der Waals surface area contributed by atoms with Crippen LogP contribution < -0.4 is 16.2 Å². The number of nitrogens with zero attached hydrogens (tertiary/aromatic N) is 1. The number of benzene rings is 3. The monoisotopic (exact) mass is 430 g/mol. The number of anilines is 2. The molecule has 31 heavy (non-hydrogen) atoms. The Hall–Kier alpha value is -3.90. The summed E-state index contributed by atoms with van der Waals surface area (Å²) < 4.78 is 0. The van der Waals surface area contributed by atoms with E-state index in [1.165, 1.54) is 0 Å². The van der Waals surface area contributed by atoms with Crippen molar-refractivity contribution < 1.29 is 9.59 Å². The maximum absolute atomic E-state index is 12.3. The van der Waals surface area contributed by atoms with Crippen LogP contribution in [0.4, 0.5) is 11.4 Å². The standard InChI is InChI=1S/C24H19ClN4O2/c25-18-9-5-16(6-10-18)15-23(30)28-29-24(31)17-7-11-19(12-8-17)27-22-13-14-26-21-4-2-1-3-20(21)22/h1-14H,15H2,(H,26,27)(H,28,30)(H,29,31). The fourth-order valence-corrected chi connectivity index (χ4v) is 3.22. The predicted octanol–water partition coefficient (Wildman–Crippen LogP) is 4.64. The smallest absolute Gasteiger partial charge is 0.269 e. The van der Waals surface area contributed by atoms with Crippen LogP contribution in [-0.2, 0) is 11.2 Å². The zero-order valence-electron chi connectivity index (χ0n) is 16.4. The molecule has 0 atom stereocenters. The Labute approximate surface area is 184 Å². The number of para-hydroxylation sites is 1. The van der Waals surface area contributed by atoms with E-state index in [9.17, 15) is 9.59 Å². The van der Waals surface area contributed by atoms with Crippen LogP contribution in [-0.4, -0.2) is 16.8 Å². The van der Waals surface area contributed by atoms with E-state index in [4.69, 9.17) is 11.6 Å². The van der Waals surface area contributed by atoms with Gasteiger partial charge in [0.2, 0.25) is 5.91 Å². The van der Waals surface area contributed by atoms with Crippen LogP contribution in [0.15, 0.2) is 85.1 Å². The molecule has 0 aliphatic rings. The lowest BCUT2D eigenvalue weighted by Crippen LogP contribution is -2.42. The molecule has 0 aliphatic heterocycles. The number of hydrazine groups is 1. The summed E-state index contributed by atoms with van der Waals surface area (Å²) in [4.78, 5) is 28.7. The van der Waals surface area contributed by atoms with Gasteiger partial charge >= 0.3 is 0 Å². The van der Waals surface area contributed by atoms with Crippen LogP contribution in [0.1, 0.15) is 15.9 Å². The van der Waals surface area contributed by atoms with Crippen molar-refractivity contribution in [2.75, 3.05) is 5.32 Å². The lowest BCUT2D eigenvalue weighted by atomic mass is 10.1. The van der Waals surface area contributed by atoms with E-state index >= 15 is 0 Å². The van der Waals surface area contributed by atoms with E-state index in [1.54, 1.807) is 54.7 Å². The van der Waals surface area contributed by atoms with Gasteiger partial charge in [-0.15, -0.1) is 0 Å². The maximum atomic E-state index is 12.3. The van der Waals surface area contributed by atoms with Crippen molar-refractivity contribution in [1.82, 2.24) is 15.8 Å². The van der Waals surface area contributed by atoms with Gasteiger partial charge < -0.3 is 5.32 Å². The second kappa shape index (κ2) is 9.28. The van der Waals surface area contributed by atoms with Gasteiger partial charge in [0.1, 0.15) is 0 Å². The van der Waals surface area contributed by atoms with Gasteiger partial charge in [0.15, 0.2) is 0 Å². The summed E-state index contributed by atoms with van der Waals surface area (Å²) in [6, 6.07) is 23.7. The molecule has 1 aromatic heterocycles. The third-order valence-corrected chi connectivity index (χ3v) is 4.92. The Kier molecular flexibility index (Phi) is 6.10. The number of hydrogen-bond donors (Lipinski definition) is 3. The van der Waals surface area contributed by atoms with Crippen LogP contribution in [0.2, 0.25) is 5.02 Å². The van der Waals surface area contributed by atoms with Crippen molar-refractivity contribution >= 4 is 45.7 Å². The number of rotatable bonds is 5. The van der Waals surface area contributed by atoms with Crippen LogP contribution in [0.3, 0.4) is 0 Å². The molecule has 0 aliphatic carbocycles. The van der Waals surface area contributed by atoms with Crippen LogP contribution in [0.5, 0.6) is 0 Å². The number of carbonyl (C=O) groups excluding carboxylic acids is 2. The van der Waals surface area contributed by atoms with Gasteiger partial charge in [0.05, 0.1) is 11.9 Å². The zero-order chi connectivity index (χ0) is 21.6. The van der Waals surface area contributed by atoms with Crippen LogP contribution >= 0.6 is 11.6 Å². The number of pyridine rings is 1. The third kappa shape index (κ3) is 5.18. The van der Waals surface area contributed by atoms with Gasteiger partial charge in [-0.1, -0.05) is 41.9 Å². The van der Waals surface area contributed by atoms with E-state index in [-0.39, 0.29) is 12.3 Å². The molecule has 7 heteroatoms. The fraction of sp³-hybridized carbons (Fsp3) is 0.0417. The first kappa shape index (κ1) is 20.4. The molecule has 0 spiro atoms. The summed E-state index contributed by atoms with van der Waals surface area (Å²) in [6.07, 6.45) is 1.89. The molecule has 0 saturated carbocycles. The molecule has 4 aromatic rings.